The van der Waals surface area contributed by atoms with Crippen molar-refractivity contribution in [1.82, 2.24) is 9.80 Å². The molecule has 1 aliphatic rings. The van der Waals surface area contributed by atoms with Crippen LogP contribution < -0.4 is 0 Å². The summed E-state index contributed by atoms with van der Waals surface area (Å²) in [5.74, 6) is -1.01. The molecule has 6 nitrogen and oxygen atoms in total. The zero-order valence-electron chi connectivity index (χ0n) is 14.6. The van der Waals surface area contributed by atoms with Gasteiger partial charge in [0.05, 0.1) is 0 Å². The van der Waals surface area contributed by atoms with E-state index < -0.39 is 23.7 Å². The molecule has 1 saturated heterocycles. The Labute approximate surface area is 162 Å². The maximum atomic E-state index is 12.2. The fraction of sp³-hybridized carbons (Fsp3) is 0.529. The number of amides is 1. The molecule has 0 spiro atoms. The van der Waals surface area contributed by atoms with Crippen molar-refractivity contribution in [2.45, 2.75) is 39.0 Å². The second-order valence-corrected chi connectivity index (χ2v) is 7.81. The standard InChI is InChI=1S/C17H23BrN2O4.ClH/c1-17(2,3)24-16(23)20-9-8-19(11-14(20)15(21)22)10-12-4-6-13(18)7-5-12;/h4-7,14H,8-11H2,1-3H3,(H,21,22);1H. The van der Waals surface area contributed by atoms with Gasteiger partial charge in [0, 0.05) is 30.7 Å². The van der Waals surface area contributed by atoms with E-state index in [4.69, 9.17) is 4.74 Å². The number of carboxylic acids is 1. The van der Waals surface area contributed by atoms with Crippen LogP contribution in [0.5, 0.6) is 0 Å². The highest BCUT2D eigenvalue weighted by molar-refractivity contribution is 9.10. The van der Waals surface area contributed by atoms with Crippen LogP contribution in [0.1, 0.15) is 26.3 Å². The fourth-order valence-electron chi connectivity index (χ4n) is 2.58. The molecule has 140 valence electrons. The molecular formula is C17H24BrClN2O4. The lowest BCUT2D eigenvalue weighted by molar-refractivity contribution is -0.145. The molecule has 1 aromatic rings. The van der Waals surface area contributed by atoms with Crippen molar-refractivity contribution >= 4 is 40.4 Å². The Kier molecular flexibility index (Phi) is 7.71. The molecule has 0 aliphatic carbocycles. The van der Waals surface area contributed by atoms with Gasteiger partial charge in [0.25, 0.3) is 0 Å². The van der Waals surface area contributed by atoms with E-state index in [9.17, 15) is 14.7 Å². The van der Waals surface area contributed by atoms with Crippen LogP contribution in [-0.2, 0) is 16.1 Å². The van der Waals surface area contributed by atoms with Gasteiger partial charge in [-0.3, -0.25) is 9.80 Å². The topological polar surface area (TPSA) is 70.1 Å². The number of benzene rings is 1. The van der Waals surface area contributed by atoms with E-state index in [0.29, 0.717) is 19.6 Å². The van der Waals surface area contributed by atoms with Crippen LogP contribution in [-0.4, -0.2) is 58.2 Å². The number of carbonyl (C=O) groups is 2. The molecule has 1 aliphatic heterocycles. The van der Waals surface area contributed by atoms with Crippen LogP contribution in [0.25, 0.3) is 0 Å². The Morgan fingerprint density at radius 1 is 1.24 bits per heavy atom. The third-order valence-corrected chi connectivity index (χ3v) is 4.23. The minimum absolute atomic E-state index is 0. The zero-order chi connectivity index (χ0) is 17.9. The highest BCUT2D eigenvalue weighted by atomic mass is 79.9. The van der Waals surface area contributed by atoms with Crippen molar-refractivity contribution in [2.75, 3.05) is 19.6 Å². The summed E-state index contributed by atoms with van der Waals surface area (Å²) in [4.78, 5) is 27.2. The third kappa shape index (κ3) is 6.49. The molecule has 0 radical (unpaired) electrons. The van der Waals surface area contributed by atoms with Gasteiger partial charge in [-0.1, -0.05) is 28.1 Å². The second-order valence-electron chi connectivity index (χ2n) is 6.89. The largest absolute Gasteiger partial charge is 0.480 e. The first-order valence-corrected chi connectivity index (χ1v) is 8.64. The van der Waals surface area contributed by atoms with Crippen molar-refractivity contribution in [3.05, 3.63) is 34.3 Å². The van der Waals surface area contributed by atoms with E-state index in [-0.39, 0.29) is 19.0 Å². The summed E-state index contributed by atoms with van der Waals surface area (Å²) < 4.78 is 6.33. The molecule has 0 saturated carbocycles. The molecule has 1 heterocycles. The number of ether oxygens (including phenoxy) is 1. The Bertz CT molecular complexity index is 604. The van der Waals surface area contributed by atoms with Gasteiger partial charge in [-0.05, 0) is 38.5 Å². The molecule has 1 atom stereocenters. The summed E-state index contributed by atoms with van der Waals surface area (Å²) >= 11 is 3.40. The number of carboxylic acid groups (broad SMARTS) is 1. The highest BCUT2D eigenvalue weighted by Gasteiger charge is 2.37. The summed E-state index contributed by atoms with van der Waals surface area (Å²) in [6.07, 6.45) is -0.571. The monoisotopic (exact) mass is 434 g/mol. The van der Waals surface area contributed by atoms with Gasteiger partial charge >= 0.3 is 12.1 Å². The number of carbonyl (C=O) groups excluding carboxylic acids is 1. The van der Waals surface area contributed by atoms with E-state index in [1.165, 1.54) is 4.90 Å². The van der Waals surface area contributed by atoms with Crippen molar-refractivity contribution in [3.63, 3.8) is 0 Å². The Balaban J connectivity index is 0.00000312. The maximum absolute atomic E-state index is 12.2. The quantitative estimate of drug-likeness (QED) is 0.788. The Hall–Kier alpha value is -1.31. The zero-order valence-corrected chi connectivity index (χ0v) is 17.0. The predicted molar refractivity (Wildman–Crippen MR) is 101 cm³/mol. The van der Waals surface area contributed by atoms with Crippen LogP contribution in [0, 0.1) is 0 Å². The van der Waals surface area contributed by atoms with Gasteiger partial charge < -0.3 is 9.84 Å². The van der Waals surface area contributed by atoms with Crippen molar-refractivity contribution in [1.29, 1.82) is 0 Å². The van der Waals surface area contributed by atoms with E-state index in [1.54, 1.807) is 20.8 Å². The molecule has 25 heavy (non-hydrogen) atoms. The van der Waals surface area contributed by atoms with Crippen molar-refractivity contribution in [2.24, 2.45) is 0 Å². The first-order valence-electron chi connectivity index (χ1n) is 7.85. The number of hydrogen-bond donors (Lipinski definition) is 1. The van der Waals surface area contributed by atoms with Crippen LogP contribution in [0.3, 0.4) is 0 Å². The number of halogens is 2. The number of hydrogen-bond acceptors (Lipinski definition) is 4. The lowest BCUT2D eigenvalue weighted by Gasteiger charge is -2.39. The Morgan fingerprint density at radius 2 is 1.84 bits per heavy atom. The molecule has 1 amide bonds. The minimum Gasteiger partial charge on any atom is -0.480 e. The molecule has 1 N–H and O–H groups in total. The number of nitrogens with zero attached hydrogens (tertiary/aromatic N) is 2. The first-order chi connectivity index (χ1) is 11.2. The molecule has 0 bridgehead atoms. The highest BCUT2D eigenvalue weighted by Crippen LogP contribution is 2.18. The van der Waals surface area contributed by atoms with Crippen molar-refractivity contribution in [3.8, 4) is 0 Å². The van der Waals surface area contributed by atoms with Crippen LogP contribution in [0.2, 0.25) is 0 Å². The van der Waals surface area contributed by atoms with Gasteiger partial charge in [-0.25, -0.2) is 9.59 Å². The maximum Gasteiger partial charge on any atom is 0.411 e. The molecule has 1 fully saturated rings. The summed E-state index contributed by atoms with van der Waals surface area (Å²) in [5, 5.41) is 9.49. The number of aliphatic carboxylic acids is 1. The molecular weight excluding hydrogens is 412 g/mol. The minimum atomic E-state index is -1.01. The molecule has 2 rings (SSSR count). The van der Waals surface area contributed by atoms with Crippen LogP contribution in [0.15, 0.2) is 28.7 Å². The smallest absolute Gasteiger partial charge is 0.411 e. The van der Waals surface area contributed by atoms with Gasteiger partial charge in [-0.15, -0.1) is 12.4 Å². The van der Waals surface area contributed by atoms with E-state index in [0.717, 1.165) is 10.0 Å². The molecule has 0 aromatic heterocycles. The first kappa shape index (κ1) is 21.7. The second kappa shape index (κ2) is 8.87. The SMILES string of the molecule is CC(C)(C)OC(=O)N1CCN(Cc2ccc(Br)cc2)CC1C(=O)O.Cl. The summed E-state index contributed by atoms with van der Waals surface area (Å²) in [7, 11) is 0. The van der Waals surface area contributed by atoms with Gasteiger partial charge in [0.15, 0.2) is 0 Å². The third-order valence-electron chi connectivity index (χ3n) is 3.70. The summed E-state index contributed by atoms with van der Waals surface area (Å²) in [6, 6.07) is 7.02. The molecule has 1 aromatic carbocycles. The van der Waals surface area contributed by atoms with Crippen LogP contribution in [0.4, 0.5) is 4.79 Å². The average molecular weight is 436 g/mol. The summed E-state index contributed by atoms with van der Waals surface area (Å²) in [6.45, 7) is 7.19. The van der Waals surface area contributed by atoms with E-state index >= 15 is 0 Å². The normalized spacial score (nSPS) is 18.4. The van der Waals surface area contributed by atoms with Gasteiger partial charge in [0.2, 0.25) is 0 Å². The average Bonchev–Trinajstić information content (AvgIpc) is 2.47. The number of piperazine rings is 1. The van der Waals surface area contributed by atoms with Gasteiger partial charge in [-0.2, -0.15) is 0 Å². The molecule has 8 heteroatoms. The molecule has 1 unspecified atom stereocenters. The van der Waals surface area contributed by atoms with Gasteiger partial charge in [0.1, 0.15) is 11.6 Å². The number of rotatable bonds is 3. The Morgan fingerprint density at radius 3 is 2.36 bits per heavy atom. The fourth-order valence-corrected chi connectivity index (χ4v) is 2.85. The van der Waals surface area contributed by atoms with Crippen molar-refractivity contribution < 1.29 is 19.4 Å². The lowest BCUT2D eigenvalue weighted by Crippen LogP contribution is -2.58. The predicted octanol–water partition coefficient (Wildman–Crippen LogP) is 3.38. The van der Waals surface area contributed by atoms with Crippen LogP contribution >= 0.6 is 28.3 Å². The van der Waals surface area contributed by atoms with E-state index in [2.05, 4.69) is 15.9 Å². The summed E-state index contributed by atoms with van der Waals surface area (Å²) in [5.41, 5.74) is 0.461. The van der Waals surface area contributed by atoms with E-state index in [1.807, 2.05) is 29.2 Å². The lowest BCUT2D eigenvalue weighted by atomic mass is 10.1.